The fraction of sp³-hybridized carbons (Fsp3) is 0.278. The Morgan fingerprint density at radius 1 is 1.32 bits per heavy atom. The number of aryl methyl sites for hydroxylation is 1. The third kappa shape index (κ3) is 6.08. The molecular weight excluding hydrogens is 342 g/mol. The molecule has 0 aliphatic carbocycles. The van der Waals surface area contributed by atoms with Crippen molar-refractivity contribution in [1.82, 2.24) is 10.3 Å². The molecule has 0 spiro atoms. The molecule has 0 aliphatic rings. The molecule has 6 nitrogen and oxygen atoms in total. The van der Waals surface area contributed by atoms with Crippen LogP contribution in [0.25, 0.3) is 0 Å². The minimum absolute atomic E-state index is 0.160. The molecule has 25 heavy (non-hydrogen) atoms. The second-order valence-corrected chi connectivity index (χ2v) is 5.94. The van der Waals surface area contributed by atoms with Gasteiger partial charge in [-0.3, -0.25) is 14.6 Å². The maximum Gasteiger partial charge on any atom is 0.260 e. The minimum atomic E-state index is -0.679. The zero-order chi connectivity index (χ0) is 18.2. The molecule has 2 aromatic rings. The largest absolute Gasteiger partial charge is 0.481 e. The monoisotopic (exact) mass is 361 g/mol. The Balaban J connectivity index is 1.74. The first-order chi connectivity index (χ1) is 12.0. The number of carbonyl (C=O) groups is 2. The summed E-state index contributed by atoms with van der Waals surface area (Å²) < 4.78 is 5.64. The van der Waals surface area contributed by atoms with Gasteiger partial charge in [0, 0.05) is 24.2 Å². The Bertz CT molecular complexity index is 738. The molecule has 0 aliphatic heterocycles. The van der Waals surface area contributed by atoms with Crippen LogP contribution < -0.4 is 15.4 Å². The second-order valence-electron chi connectivity index (χ2n) is 5.50. The zero-order valence-corrected chi connectivity index (χ0v) is 14.8. The van der Waals surface area contributed by atoms with Gasteiger partial charge in [0.15, 0.2) is 6.10 Å². The molecule has 1 aromatic heterocycles. The van der Waals surface area contributed by atoms with Crippen LogP contribution in [0.4, 0.5) is 5.69 Å². The Labute approximate surface area is 151 Å². The van der Waals surface area contributed by atoms with Crippen molar-refractivity contribution in [1.29, 1.82) is 0 Å². The van der Waals surface area contributed by atoms with Gasteiger partial charge in [-0.15, -0.1) is 0 Å². The first-order valence-electron chi connectivity index (χ1n) is 7.86. The van der Waals surface area contributed by atoms with Crippen LogP contribution in [0.2, 0.25) is 5.02 Å². The second kappa shape index (κ2) is 9.03. The van der Waals surface area contributed by atoms with E-state index in [4.69, 9.17) is 16.3 Å². The molecule has 0 bridgehead atoms. The molecule has 1 heterocycles. The third-order valence-electron chi connectivity index (χ3n) is 3.41. The lowest BCUT2D eigenvalue weighted by Gasteiger charge is -2.16. The van der Waals surface area contributed by atoms with Gasteiger partial charge >= 0.3 is 0 Å². The van der Waals surface area contributed by atoms with E-state index in [1.165, 1.54) is 0 Å². The summed E-state index contributed by atoms with van der Waals surface area (Å²) in [6.07, 6.45) is 2.66. The highest BCUT2D eigenvalue weighted by molar-refractivity contribution is 6.30. The first-order valence-corrected chi connectivity index (χ1v) is 8.24. The number of nitrogens with one attached hydrogen (secondary N) is 2. The maximum atomic E-state index is 12.1. The van der Waals surface area contributed by atoms with Crippen LogP contribution in [0.15, 0.2) is 42.7 Å². The maximum absolute atomic E-state index is 12.1. The van der Waals surface area contributed by atoms with Gasteiger partial charge in [-0.2, -0.15) is 0 Å². The number of pyridine rings is 1. The number of benzene rings is 1. The average molecular weight is 362 g/mol. The minimum Gasteiger partial charge on any atom is -0.481 e. The molecule has 7 heteroatoms. The van der Waals surface area contributed by atoms with E-state index in [1.54, 1.807) is 49.6 Å². The van der Waals surface area contributed by atoms with E-state index < -0.39 is 6.10 Å². The van der Waals surface area contributed by atoms with Crippen molar-refractivity contribution in [2.24, 2.45) is 0 Å². The number of rotatable bonds is 7. The summed E-state index contributed by atoms with van der Waals surface area (Å²) in [7, 11) is 0. The first kappa shape index (κ1) is 18.7. The number of hydrogen-bond donors (Lipinski definition) is 2. The number of halogens is 1. The van der Waals surface area contributed by atoms with Crippen molar-refractivity contribution >= 4 is 29.1 Å². The van der Waals surface area contributed by atoms with Gasteiger partial charge in [0.05, 0.1) is 11.9 Å². The van der Waals surface area contributed by atoms with E-state index in [2.05, 4.69) is 15.6 Å². The summed E-state index contributed by atoms with van der Waals surface area (Å²) in [6.45, 7) is 3.73. The average Bonchev–Trinajstić information content (AvgIpc) is 2.58. The summed E-state index contributed by atoms with van der Waals surface area (Å²) in [4.78, 5) is 27.8. The Hall–Kier alpha value is -2.60. The van der Waals surface area contributed by atoms with Crippen molar-refractivity contribution in [3.05, 3.63) is 53.3 Å². The molecular formula is C18H20ClN3O3. The smallest absolute Gasteiger partial charge is 0.260 e. The standard InChI is InChI=1S/C18H20ClN3O3/c1-12-10-14(19)5-6-16(12)25-13(2)18(24)21-9-7-17(23)22-15-4-3-8-20-11-15/h3-6,8,10-11,13H,7,9H2,1-2H3,(H,21,24)(H,22,23). The molecule has 0 saturated carbocycles. The molecule has 0 radical (unpaired) electrons. The Morgan fingerprint density at radius 3 is 2.80 bits per heavy atom. The van der Waals surface area contributed by atoms with Gasteiger partial charge in [-0.1, -0.05) is 11.6 Å². The molecule has 132 valence electrons. The van der Waals surface area contributed by atoms with Crippen LogP contribution in [-0.2, 0) is 9.59 Å². The van der Waals surface area contributed by atoms with Crippen molar-refractivity contribution in [3.8, 4) is 5.75 Å². The van der Waals surface area contributed by atoms with Gasteiger partial charge < -0.3 is 15.4 Å². The van der Waals surface area contributed by atoms with Crippen LogP contribution in [0, 0.1) is 6.92 Å². The van der Waals surface area contributed by atoms with Crippen LogP contribution >= 0.6 is 11.6 Å². The van der Waals surface area contributed by atoms with E-state index in [0.717, 1.165) is 5.56 Å². The topological polar surface area (TPSA) is 80.3 Å². The lowest BCUT2D eigenvalue weighted by molar-refractivity contribution is -0.127. The fourth-order valence-electron chi connectivity index (χ4n) is 2.09. The third-order valence-corrected chi connectivity index (χ3v) is 3.64. The number of nitrogens with zero attached hydrogens (tertiary/aromatic N) is 1. The summed E-state index contributed by atoms with van der Waals surface area (Å²) in [5, 5.41) is 6.00. The van der Waals surface area contributed by atoms with E-state index in [-0.39, 0.29) is 24.8 Å². The SMILES string of the molecule is Cc1cc(Cl)ccc1OC(C)C(=O)NCCC(=O)Nc1cccnc1. The molecule has 2 rings (SSSR count). The highest BCUT2D eigenvalue weighted by atomic mass is 35.5. The van der Waals surface area contributed by atoms with Crippen molar-refractivity contribution in [2.75, 3.05) is 11.9 Å². The predicted octanol–water partition coefficient (Wildman–Crippen LogP) is 2.96. The van der Waals surface area contributed by atoms with Gasteiger partial charge in [0.1, 0.15) is 5.75 Å². The van der Waals surface area contributed by atoms with Crippen LogP contribution in [0.5, 0.6) is 5.75 Å². The zero-order valence-electron chi connectivity index (χ0n) is 14.1. The predicted molar refractivity (Wildman–Crippen MR) is 96.8 cm³/mol. The number of hydrogen-bond acceptors (Lipinski definition) is 4. The van der Waals surface area contributed by atoms with Crippen molar-refractivity contribution in [3.63, 3.8) is 0 Å². The lowest BCUT2D eigenvalue weighted by atomic mass is 10.2. The quantitative estimate of drug-likeness (QED) is 0.794. The molecule has 2 N–H and O–H groups in total. The Morgan fingerprint density at radius 2 is 2.12 bits per heavy atom. The van der Waals surface area contributed by atoms with E-state index in [1.807, 2.05) is 6.92 Å². The molecule has 0 saturated heterocycles. The fourth-order valence-corrected chi connectivity index (χ4v) is 2.32. The number of carbonyl (C=O) groups excluding carboxylic acids is 2. The van der Waals surface area contributed by atoms with Crippen LogP contribution in [0.3, 0.4) is 0 Å². The molecule has 1 atom stereocenters. The van der Waals surface area contributed by atoms with Crippen molar-refractivity contribution in [2.45, 2.75) is 26.4 Å². The van der Waals surface area contributed by atoms with Crippen LogP contribution in [0.1, 0.15) is 18.9 Å². The number of aromatic nitrogens is 1. The van der Waals surface area contributed by atoms with E-state index in [0.29, 0.717) is 16.5 Å². The summed E-state index contributed by atoms with van der Waals surface area (Å²) >= 11 is 5.90. The van der Waals surface area contributed by atoms with Crippen LogP contribution in [-0.4, -0.2) is 29.4 Å². The van der Waals surface area contributed by atoms with Crippen molar-refractivity contribution < 1.29 is 14.3 Å². The number of anilines is 1. The number of amides is 2. The molecule has 0 fully saturated rings. The number of ether oxygens (including phenoxy) is 1. The van der Waals surface area contributed by atoms with E-state index in [9.17, 15) is 9.59 Å². The molecule has 1 aromatic carbocycles. The summed E-state index contributed by atoms with van der Waals surface area (Å²) in [5.41, 5.74) is 1.47. The highest BCUT2D eigenvalue weighted by Gasteiger charge is 2.15. The normalized spacial score (nSPS) is 11.5. The lowest BCUT2D eigenvalue weighted by Crippen LogP contribution is -2.37. The summed E-state index contributed by atoms with van der Waals surface area (Å²) in [6, 6.07) is 8.67. The highest BCUT2D eigenvalue weighted by Crippen LogP contribution is 2.22. The van der Waals surface area contributed by atoms with E-state index >= 15 is 0 Å². The van der Waals surface area contributed by atoms with Gasteiger partial charge in [0.25, 0.3) is 5.91 Å². The Kier molecular flexibility index (Phi) is 6.77. The molecule has 2 amide bonds. The van der Waals surface area contributed by atoms with Gasteiger partial charge in [0.2, 0.25) is 5.91 Å². The van der Waals surface area contributed by atoms with Gasteiger partial charge in [-0.05, 0) is 49.7 Å². The van der Waals surface area contributed by atoms with Gasteiger partial charge in [-0.25, -0.2) is 0 Å². The molecule has 1 unspecified atom stereocenters. The summed E-state index contributed by atoms with van der Waals surface area (Å²) in [5.74, 6) is 0.111.